The van der Waals surface area contributed by atoms with Crippen molar-refractivity contribution in [1.29, 1.82) is 0 Å². The summed E-state index contributed by atoms with van der Waals surface area (Å²) in [6, 6.07) is 6.44. The lowest BCUT2D eigenvalue weighted by atomic mass is 9.90. The Kier molecular flexibility index (Phi) is 6.75. The molecule has 0 saturated heterocycles. The molecule has 1 unspecified atom stereocenters. The maximum absolute atomic E-state index is 13.1. The number of hydrogen-bond donors (Lipinski definition) is 1. The normalized spacial score (nSPS) is 15.2. The molecule has 3 heterocycles. The Morgan fingerprint density at radius 2 is 1.79 bits per heavy atom. The fraction of sp³-hybridized carbons (Fsp3) is 0.370. The summed E-state index contributed by atoms with van der Waals surface area (Å²) in [6.07, 6.45) is 1.31. The van der Waals surface area contributed by atoms with Crippen LogP contribution < -0.4 is 9.47 Å². The van der Waals surface area contributed by atoms with Crippen molar-refractivity contribution >= 4 is 0 Å². The Labute approximate surface area is 222 Å². The van der Waals surface area contributed by atoms with Crippen LogP contribution in [0.4, 0.5) is 13.2 Å². The molecule has 1 aliphatic carbocycles. The maximum atomic E-state index is 13.1. The summed E-state index contributed by atoms with van der Waals surface area (Å²) in [7, 11) is 2.95. The van der Waals surface area contributed by atoms with Gasteiger partial charge in [0, 0.05) is 24.7 Å². The number of halogens is 3. The first-order valence-corrected chi connectivity index (χ1v) is 12.4. The third-order valence-corrected chi connectivity index (χ3v) is 6.62. The van der Waals surface area contributed by atoms with Crippen LogP contribution in [0.2, 0.25) is 0 Å². The minimum Gasteiger partial charge on any atom is -0.493 e. The number of nitrogens with zero attached hydrogens (tertiary/aromatic N) is 6. The quantitative estimate of drug-likeness (QED) is 0.337. The molecular weight excluding hydrogens is 513 g/mol. The van der Waals surface area contributed by atoms with Crippen LogP contribution in [0.15, 0.2) is 43.0 Å². The minimum atomic E-state index is -4.55. The van der Waals surface area contributed by atoms with E-state index in [2.05, 4.69) is 19.9 Å². The Morgan fingerprint density at radius 1 is 1.08 bits per heavy atom. The first kappa shape index (κ1) is 26.5. The van der Waals surface area contributed by atoms with Crippen LogP contribution in [-0.2, 0) is 18.8 Å². The molecule has 1 atom stereocenters. The highest BCUT2D eigenvalue weighted by Gasteiger charge is 2.36. The summed E-state index contributed by atoms with van der Waals surface area (Å²) in [5.74, 6) is 1.32. The largest absolute Gasteiger partial charge is 0.493 e. The number of benzene rings is 1. The minimum absolute atomic E-state index is 0.149. The molecule has 0 bridgehead atoms. The lowest BCUT2D eigenvalue weighted by Crippen LogP contribution is -2.26. The fourth-order valence-electron chi connectivity index (χ4n) is 4.45. The molecule has 9 nitrogen and oxygen atoms in total. The van der Waals surface area contributed by atoms with E-state index in [1.165, 1.54) is 31.2 Å². The first-order chi connectivity index (χ1) is 18.5. The molecule has 1 aliphatic rings. The molecule has 39 heavy (non-hydrogen) atoms. The molecule has 1 fully saturated rings. The number of imidazole rings is 1. The molecule has 4 aromatic rings. The molecule has 204 valence electrons. The van der Waals surface area contributed by atoms with E-state index in [0.717, 1.165) is 24.7 Å². The molecule has 3 aromatic heterocycles. The smallest absolute Gasteiger partial charge is 0.434 e. The first-order valence-electron chi connectivity index (χ1n) is 12.4. The van der Waals surface area contributed by atoms with Gasteiger partial charge in [-0.1, -0.05) is 24.3 Å². The van der Waals surface area contributed by atoms with Gasteiger partial charge in [-0.15, -0.1) is 0 Å². The van der Waals surface area contributed by atoms with Gasteiger partial charge in [0.2, 0.25) is 5.88 Å². The van der Waals surface area contributed by atoms with Crippen LogP contribution in [0.3, 0.4) is 0 Å². The SMILES string of the molecule is CCOc1ncnc(C2CC2)c1-c1ncc(OC)c(C(C)(O)c2ccc(-c3nc(C(F)(F)F)cn3C)cc2)n1. The van der Waals surface area contributed by atoms with Gasteiger partial charge in [0.05, 0.1) is 25.6 Å². The van der Waals surface area contributed by atoms with Gasteiger partial charge >= 0.3 is 6.18 Å². The van der Waals surface area contributed by atoms with E-state index in [-0.39, 0.29) is 23.2 Å². The number of aryl methyl sites for hydroxylation is 1. The van der Waals surface area contributed by atoms with Crippen LogP contribution in [0.25, 0.3) is 22.8 Å². The second kappa shape index (κ2) is 9.92. The highest BCUT2D eigenvalue weighted by molar-refractivity contribution is 5.66. The van der Waals surface area contributed by atoms with Gasteiger partial charge < -0.3 is 19.1 Å². The highest BCUT2D eigenvalue weighted by atomic mass is 19.4. The monoisotopic (exact) mass is 540 g/mol. The van der Waals surface area contributed by atoms with Crippen molar-refractivity contribution in [1.82, 2.24) is 29.5 Å². The summed E-state index contributed by atoms with van der Waals surface area (Å²) in [5.41, 5.74) is -0.157. The van der Waals surface area contributed by atoms with Crippen LogP contribution in [0.5, 0.6) is 11.6 Å². The van der Waals surface area contributed by atoms with Crippen molar-refractivity contribution in [2.75, 3.05) is 13.7 Å². The Morgan fingerprint density at radius 3 is 2.38 bits per heavy atom. The summed E-state index contributed by atoms with van der Waals surface area (Å²) in [4.78, 5) is 21.7. The van der Waals surface area contributed by atoms with Crippen molar-refractivity contribution in [3.63, 3.8) is 0 Å². The molecule has 0 spiro atoms. The van der Waals surface area contributed by atoms with Gasteiger partial charge in [0.15, 0.2) is 17.3 Å². The predicted octanol–water partition coefficient (Wildman–Crippen LogP) is 4.89. The highest BCUT2D eigenvalue weighted by Crippen LogP contribution is 2.45. The van der Waals surface area contributed by atoms with Crippen molar-refractivity contribution < 1.29 is 27.8 Å². The zero-order valence-electron chi connectivity index (χ0n) is 21.8. The number of methoxy groups -OCH3 is 1. The van der Waals surface area contributed by atoms with Gasteiger partial charge in [-0.25, -0.2) is 24.9 Å². The van der Waals surface area contributed by atoms with Gasteiger partial charge in [-0.2, -0.15) is 13.2 Å². The van der Waals surface area contributed by atoms with E-state index in [1.807, 2.05) is 6.92 Å². The molecule has 1 N–H and O–H groups in total. The Hall–Kier alpha value is -4.06. The molecular formula is C27H27F3N6O3. The van der Waals surface area contributed by atoms with Crippen molar-refractivity contribution in [2.24, 2.45) is 7.05 Å². The summed E-state index contributed by atoms with van der Waals surface area (Å²) >= 11 is 0. The molecule has 0 aliphatic heterocycles. The lowest BCUT2D eigenvalue weighted by Gasteiger charge is -2.26. The van der Waals surface area contributed by atoms with Crippen molar-refractivity contribution in [3.05, 3.63) is 65.6 Å². The second-order valence-corrected chi connectivity index (χ2v) is 9.46. The average Bonchev–Trinajstić information content (AvgIpc) is 3.68. The Bertz CT molecular complexity index is 1500. The number of hydrogen-bond acceptors (Lipinski definition) is 8. The number of rotatable bonds is 8. The maximum Gasteiger partial charge on any atom is 0.434 e. The summed E-state index contributed by atoms with van der Waals surface area (Å²) < 4.78 is 51.9. The zero-order chi connectivity index (χ0) is 27.9. The van der Waals surface area contributed by atoms with Gasteiger partial charge in [0.1, 0.15) is 29.0 Å². The summed E-state index contributed by atoms with van der Waals surface area (Å²) in [5, 5.41) is 11.7. The predicted molar refractivity (Wildman–Crippen MR) is 135 cm³/mol. The van der Waals surface area contributed by atoms with Gasteiger partial charge in [-0.05, 0) is 32.3 Å². The average molecular weight is 541 g/mol. The van der Waals surface area contributed by atoms with Crippen LogP contribution in [0.1, 0.15) is 55.3 Å². The molecule has 0 radical (unpaired) electrons. The van der Waals surface area contributed by atoms with E-state index >= 15 is 0 Å². The third-order valence-electron chi connectivity index (χ3n) is 6.62. The third kappa shape index (κ3) is 5.03. The van der Waals surface area contributed by atoms with Crippen LogP contribution in [0, 0.1) is 0 Å². The molecule has 12 heteroatoms. The Balaban J connectivity index is 1.55. The van der Waals surface area contributed by atoms with Gasteiger partial charge in [0.25, 0.3) is 0 Å². The fourth-order valence-corrected chi connectivity index (χ4v) is 4.45. The van der Waals surface area contributed by atoms with E-state index in [1.54, 1.807) is 31.2 Å². The number of alkyl halides is 3. The van der Waals surface area contributed by atoms with Crippen LogP contribution >= 0.6 is 0 Å². The summed E-state index contributed by atoms with van der Waals surface area (Å²) in [6.45, 7) is 3.81. The van der Waals surface area contributed by atoms with E-state index < -0.39 is 17.5 Å². The van der Waals surface area contributed by atoms with E-state index in [4.69, 9.17) is 14.5 Å². The molecule has 5 rings (SSSR count). The molecule has 1 aromatic carbocycles. The standard InChI is InChI=1S/C27H27F3N6O3/c1-5-39-25-20(21(15-6-7-15)32-14-33-25)23-31-12-18(38-4)22(35-23)26(2,37)17-10-8-16(9-11-17)24-34-19(13-36(24)3)27(28,29)30/h8-15,37H,5-7H2,1-4H3. The van der Waals surface area contributed by atoms with E-state index in [9.17, 15) is 18.3 Å². The van der Waals surface area contributed by atoms with Crippen molar-refractivity contribution in [2.45, 2.75) is 44.4 Å². The lowest BCUT2D eigenvalue weighted by molar-refractivity contribution is -0.140. The van der Waals surface area contributed by atoms with Crippen LogP contribution in [-0.4, -0.2) is 48.3 Å². The van der Waals surface area contributed by atoms with E-state index in [0.29, 0.717) is 35.0 Å². The number of ether oxygens (including phenoxy) is 2. The van der Waals surface area contributed by atoms with Gasteiger partial charge in [-0.3, -0.25) is 0 Å². The second-order valence-electron chi connectivity index (χ2n) is 9.46. The zero-order valence-corrected chi connectivity index (χ0v) is 21.8. The number of aliphatic hydroxyl groups is 1. The molecule has 1 saturated carbocycles. The van der Waals surface area contributed by atoms with Crippen molar-refractivity contribution in [3.8, 4) is 34.4 Å². The molecule has 0 amide bonds. The topological polar surface area (TPSA) is 108 Å². The number of aromatic nitrogens is 6.